The fraction of sp³-hybridized carbons (Fsp3) is 0.250. The fourth-order valence-electron chi connectivity index (χ4n) is 1.81. The van der Waals surface area contributed by atoms with E-state index < -0.39 is 12.7 Å². The molecule has 0 spiro atoms. The Balaban J connectivity index is 1.89. The molecule has 0 aliphatic carbocycles. The quantitative estimate of drug-likeness (QED) is 0.851. The first kappa shape index (κ1) is 16.0. The van der Waals surface area contributed by atoms with E-state index in [1.165, 1.54) is 24.3 Å². The monoisotopic (exact) mass is 310 g/mol. The van der Waals surface area contributed by atoms with Crippen LogP contribution in [0.3, 0.4) is 0 Å². The molecule has 22 heavy (non-hydrogen) atoms. The van der Waals surface area contributed by atoms with Gasteiger partial charge in [-0.2, -0.15) is 8.78 Å². The Kier molecular flexibility index (Phi) is 5.55. The summed E-state index contributed by atoms with van der Waals surface area (Å²) in [4.78, 5) is 0. The molecule has 0 amide bonds. The molecule has 0 saturated heterocycles. The standard InChI is InChI=1S/C16H16F2O4/c1-20-12-6-8-13(9-7-12)21-10-15(19)11-2-4-14(5-3-11)22-16(17)18/h2-9,15-16,19H,10H2,1H3. The van der Waals surface area contributed by atoms with E-state index >= 15 is 0 Å². The van der Waals surface area contributed by atoms with Gasteiger partial charge >= 0.3 is 6.61 Å². The Labute approximate surface area is 126 Å². The molecule has 2 aromatic carbocycles. The van der Waals surface area contributed by atoms with Crippen molar-refractivity contribution in [2.75, 3.05) is 13.7 Å². The number of aliphatic hydroxyl groups excluding tert-OH is 1. The lowest BCUT2D eigenvalue weighted by atomic mass is 10.1. The summed E-state index contributed by atoms with van der Waals surface area (Å²) >= 11 is 0. The van der Waals surface area contributed by atoms with Gasteiger partial charge in [0.15, 0.2) is 0 Å². The number of aliphatic hydroxyl groups is 1. The molecule has 4 nitrogen and oxygen atoms in total. The molecule has 1 unspecified atom stereocenters. The Morgan fingerprint density at radius 1 is 0.909 bits per heavy atom. The molecule has 0 aromatic heterocycles. The van der Waals surface area contributed by atoms with Crippen LogP contribution in [0.5, 0.6) is 17.2 Å². The second kappa shape index (κ2) is 7.61. The van der Waals surface area contributed by atoms with Crippen LogP contribution in [0, 0.1) is 0 Å². The number of alkyl halides is 2. The van der Waals surface area contributed by atoms with Gasteiger partial charge in [0.2, 0.25) is 0 Å². The number of ether oxygens (including phenoxy) is 3. The molecule has 0 bridgehead atoms. The lowest BCUT2D eigenvalue weighted by molar-refractivity contribution is -0.0498. The van der Waals surface area contributed by atoms with Gasteiger partial charge in [0.05, 0.1) is 7.11 Å². The second-order valence-electron chi connectivity index (χ2n) is 4.45. The van der Waals surface area contributed by atoms with Crippen molar-refractivity contribution in [2.24, 2.45) is 0 Å². The Bertz CT molecular complexity index is 570. The molecule has 0 heterocycles. The largest absolute Gasteiger partial charge is 0.497 e. The van der Waals surface area contributed by atoms with Crippen molar-refractivity contribution in [1.82, 2.24) is 0 Å². The third-order valence-corrected chi connectivity index (χ3v) is 2.96. The number of hydrogen-bond acceptors (Lipinski definition) is 4. The molecule has 0 aliphatic rings. The highest BCUT2D eigenvalue weighted by Crippen LogP contribution is 2.22. The summed E-state index contributed by atoms with van der Waals surface area (Å²) in [7, 11) is 1.57. The van der Waals surface area contributed by atoms with Crippen LogP contribution in [0.1, 0.15) is 11.7 Å². The Hall–Kier alpha value is -2.34. The normalized spacial score (nSPS) is 12.0. The fourth-order valence-corrected chi connectivity index (χ4v) is 1.81. The summed E-state index contributed by atoms with van der Waals surface area (Å²) in [5.41, 5.74) is 0.551. The van der Waals surface area contributed by atoms with Crippen LogP contribution in [-0.2, 0) is 0 Å². The number of benzene rings is 2. The highest BCUT2D eigenvalue weighted by atomic mass is 19.3. The van der Waals surface area contributed by atoms with E-state index in [-0.39, 0.29) is 12.4 Å². The predicted octanol–water partition coefficient (Wildman–Crippen LogP) is 3.41. The van der Waals surface area contributed by atoms with Crippen LogP contribution < -0.4 is 14.2 Å². The molecule has 118 valence electrons. The highest BCUT2D eigenvalue weighted by molar-refractivity contribution is 5.32. The second-order valence-corrected chi connectivity index (χ2v) is 4.45. The van der Waals surface area contributed by atoms with E-state index in [0.717, 1.165) is 0 Å². The average Bonchev–Trinajstić information content (AvgIpc) is 2.53. The van der Waals surface area contributed by atoms with Crippen molar-refractivity contribution in [1.29, 1.82) is 0 Å². The van der Waals surface area contributed by atoms with Crippen molar-refractivity contribution in [3.05, 3.63) is 54.1 Å². The van der Waals surface area contributed by atoms with Crippen LogP contribution in [0.15, 0.2) is 48.5 Å². The van der Waals surface area contributed by atoms with Gasteiger partial charge in [0.1, 0.15) is 30.0 Å². The predicted molar refractivity (Wildman–Crippen MR) is 76.5 cm³/mol. The first-order chi connectivity index (χ1) is 10.6. The average molecular weight is 310 g/mol. The molecular weight excluding hydrogens is 294 g/mol. The zero-order valence-electron chi connectivity index (χ0n) is 11.9. The van der Waals surface area contributed by atoms with Gasteiger partial charge in [-0.3, -0.25) is 0 Å². The molecule has 0 aliphatic heterocycles. The summed E-state index contributed by atoms with van der Waals surface area (Å²) in [5, 5.41) is 10.0. The van der Waals surface area contributed by atoms with Crippen LogP contribution in [0.4, 0.5) is 8.78 Å². The zero-order chi connectivity index (χ0) is 15.9. The van der Waals surface area contributed by atoms with Crippen molar-refractivity contribution in [2.45, 2.75) is 12.7 Å². The third kappa shape index (κ3) is 4.60. The minimum absolute atomic E-state index is 0.0430. The molecule has 0 fully saturated rings. The molecular formula is C16H16F2O4. The van der Waals surface area contributed by atoms with Gasteiger partial charge in [-0.05, 0) is 42.0 Å². The van der Waals surface area contributed by atoms with Gasteiger partial charge in [-0.1, -0.05) is 12.1 Å². The maximum Gasteiger partial charge on any atom is 0.387 e. The summed E-state index contributed by atoms with van der Waals surface area (Å²) in [6.07, 6.45) is -0.872. The summed E-state index contributed by atoms with van der Waals surface area (Å²) in [6.45, 7) is -2.82. The first-order valence-electron chi connectivity index (χ1n) is 6.58. The van der Waals surface area contributed by atoms with E-state index in [1.54, 1.807) is 31.4 Å². The number of hydrogen-bond donors (Lipinski definition) is 1. The summed E-state index contributed by atoms with van der Waals surface area (Å²) in [6, 6.07) is 12.7. The SMILES string of the molecule is COc1ccc(OCC(O)c2ccc(OC(F)F)cc2)cc1. The van der Waals surface area contributed by atoms with E-state index in [9.17, 15) is 13.9 Å². The van der Waals surface area contributed by atoms with Crippen molar-refractivity contribution in [3.63, 3.8) is 0 Å². The van der Waals surface area contributed by atoms with Crippen molar-refractivity contribution < 1.29 is 28.1 Å². The minimum Gasteiger partial charge on any atom is -0.497 e. The minimum atomic E-state index is -2.87. The number of rotatable bonds is 7. The molecule has 1 atom stereocenters. The van der Waals surface area contributed by atoms with Crippen molar-refractivity contribution in [3.8, 4) is 17.2 Å². The van der Waals surface area contributed by atoms with Crippen LogP contribution >= 0.6 is 0 Å². The smallest absolute Gasteiger partial charge is 0.387 e. The van der Waals surface area contributed by atoms with E-state index in [4.69, 9.17) is 9.47 Å². The topological polar surface area (TPSA) is 47.9 Å². The van der Waals surface area contributed by atoms with Gasteiger partial charge < -0.3 is 19.3 Å². The lowest BCUT2D eigenvalue weighted by Crippen LogP contribution is -2.10. The van der Waals surface area contributed by atoms with Crippen LogP contribution in [0.2, 0.25) is 0 Å². The van der Waals surface area contributed by atoms with Crippen molar-refractivity contribution >= 4 is 0 Å². The van der Waals surface area contributed by atoms with E-state index in [1.807, 2.05) is 0 Å². The van der Waals surface area contributed by atoms with E-state index in [0.29, 0.717) is 17.1 Å². The van der Waals surface area contributed by atoms with Gasteiger partial charge in [-0.25, -0.2) is 0 Å². The van der Waals surface area contributed by atoms with Gasteiger partial charge in [-0.15, -0.1) is 0 Å². The molecule has 2 rings (SSSR count). The summed E-state index contributed by atoms with van der Waals surface area (Å²) < 4.78 is 38.8. The molecule has 0 saturated carbocycles. The lowest BCUT2D eigenvalue weighted by Gasteiger charge is -2.13. The summed E-state index contributed by atoms with van der Waals surface area (Å²) in [5.74, 6) is 1.35. The maximum absolute atomic E-state index is 12.0. The van der Waals surface area contributed by atoms with Crippen LogP contribution in [-0.4, -0.2) is 25.4 Å². The molecule has 0 radical (unpaired) electrons. The molecule has 6 heteroatoms. The third-order valence-electron chi connectivity index (χ3n) is 2.96. The van der Waals surface area contributed by atoms with E-state index in [2.05, 4.69) is 4.74 Å². The zero-order valence-corrected chi connectivity index (χ0v) is 11.9. The van der Waals surface area contributed by atoms with Gasteiger partial charge in [0.25, 0.3) is 0 Å². The first-order valence-corrected chi connectivity index (χ1v) is 6.58. The molecule has 2 aromatic rings. The highest BCUT2D eigenvalue weighted by Gasteiger charge is 2.10. The Morgan fingerprint density at radius 3 is 2.00 bits per heavy atom. The Morgan fingerprint density at radius 2 is 1.45 bits per heavy atom. The number of methoxy groups -OCH3 is 1. The number of halogens is 2. The van der Waals surface area contributed by atoms with Gasteiger partial charge in [0, 0.05) is 0 Å². The maximum atomic E-state index is 12.0. The van der Waals surface area contributed by atoms with Crippen LogP contribution in [0.25, 0.3) is 0 Å². The molecule has 1 N–H and O–H groups in total.